The zero-order valence-electron chi connectivity index (χ0n) is 11.7. The first-order chi connectivity index (χ1) is 9.33. The molecule has 0 amide bonds. The molecule has 0 spiro atoms. The summed E-state index contributed by atoms with van der Waals surface area (Å²) in [7, 11) is 1.70. The number of methoxy groups -OCH3 is 1. The second-order valence-electron chi connectivity index (χ2n) is 5.36. The van der Waals surface area contributed by atoms with E-state index >= 15 is 0 Å². The van der Waals surface area contributed by atoms with E-state index in [1.807, 2.05) is 18.2 Å². The highest BCUT2D eigenvalue weighted by Gasteiger charge is 2.20. The molecular formula is C16H24O3. The molecule has 1 saturated heterocycles. The SMILES string of the molecule is COc1ccccc1CC(CO)CC1CCOCC1. The third kappa shape index (κ3) is 4.22. The van der Waals surface area contributed by atoms with Gasteiger partial charge in [-0.2, -0.15) is 0 Å². The van der Waals surface area contributed by atoms with Gasteiger partial charge in [0.05, 0.1) is 7.11 Å². The molecule has 0 radical (unpaired) electrons. The van der Waals surface area contributed by atoms with Crippen molar-refractivity contribution >= 4 is 0 Å². The van der Waals surface area contributed by atoms with Crippen molar-refractivity contribution < 1.29 is 14.6 Å². The number of ether oxygens (including phenoxy) is 2. The van der Waals surface area contributed by atoms with E-state index in [-0.39, 0.29) is 6.61 Å². The summed E-state index contributed by atoms with van der Waals surface area (Å²) >= 11 is 0. The molecule has 3 heteroatoms. The average molecular weight is 264 g/mol. The van der Waals surface area contributed by atoms with Crippen LogP contribution in [0.4, 0.5) is 0 Å². The molecular weight excluding hydrogens is 240 g/mol. The fraction of sp³-hybridized carbons (Fsp3) is 0.625. The molecule has 1 aromatic carbocycles. The van der Waals surface area contributed by atoms with E-state index < -0.39 is 0 Å². The molecule has 1 fully saturated rings. The van der Waals surface area contributed by atoms with Crippen molar-refractivity contribution in [2.45, 2.75) is 25.7 Å². The third-order valence-electron chi connectivity index (χ3n) is 3.97. The highest BCUT2D eigenvalue weighted by molar-refractivity contribution is 5.33. The smallest absolute Gasteiger partial charge is 0.122 e. The summed E-state index contributed by atoms with van der Waals surface area (Å²) in [6, 6.07) is 8.08. The van der Waals surface area contributed by atoms with Crippen LogP contribution in [0.5, 0.6) is 5.75 Å². The lowest BCUT2D eigenvalue weighted by atomic mass is 9.86. The Bertz CT molecular complexity index is 372. The molecule has 1 N–H and O–H groups in total. The molecule has 1 aliphatic rings. The van der Waals surface area contributed by atoms with Crippen LogP contribution >= 0.6 is 0 Å². The number of aliphatic hydroxyl groups is 1. The minimum Gasteiger partial charge on any atom is -0.496 e. The molecule has 1 aliphatic heterocycles. The van der Waals surface area contributed by atoms with Crippen LogP contribution in [-0.4, -0.2) is 32.0 Å². The van der Waals surface area contributed by atoms with Gasteiger partial charge in [0, 0.05) is 19.8 Å². The number of para-hydroxylation sites is 1. The van der Waals surface area contributed by atoms with Crippen LogP contribution in [0.25, 0.3) is 0 Å². The molecule has 1 unspecified atom stereocenters. The minimum atomic E-state index is 0.245. The molecule has 1 heterocycles. The summed E-state index contributed by atoms with van der Waals surface area (Å²) in [5.41, 5.74) is 1.19. The van der Waals surface area contributed by atoms with Crippen molar-refractivity contribution in [1.82, 2.24) is 0 Å². The minimum absolute atomic E-state index is 0.245. The Labute approximate surface area is 115 Å². The molecule has 1 atom stereocenters. The van der Waals surface area contributed by atoms with Crippen LogP contribution in [-0.2, 0) is 11.2 Å². The monoisotopic (exact) mass is 264 g/mol. The van der Waals surface area contributed by atoms with Gasteiger partial charge in [-0.15, -0.1) is 0 Å². The van der Waals surface area contributed by atoms with E-state index in [4.69, 9.17) is 9.47 Å². The van der Waals surface area contributed by atoms with Crippen LogP contribution < -0.4 is 4.74 Å². The van der Waals surface area contributed by atoms with E-state index in [1.165, 1.54) is 5.56 Å². The fourth-order valence-corrected chi connectivity index (χ4v) is 2.86. The molecule has 0 aromatic heterocycles. The van der Waals surface area contributed by atoms with Gasteiger partial charge in [0.1, 0.15) is 5.75 Å². The van der Waals surface area contributed by atoms with Crippen molar-refractivity contribution in [2.75, 3.05) is 26.9 Å². The third-order valence-corrected chi connectivity index (χ3v) is 3.97. The van der Waals surface area contributed by atoms with Gasteiger partial charge in [0.15, 0.2) is 0 Å². The van der Waals surface area contributed by atoms with Crippen LogP contribution in [0.3, 0.4) is 0 Å². The summed E-state index contributed by atoms with van der Waals surface area (Å²) in [5.74, 6) is 1.94. The number of rotatable bonds is 6. The lowest BCUT2D eigenvalue weighted by Gasteiger charge is -2.26. The number of aliphatic hydroxyl groups excluding tert-OH is 1. The number of hydrogen-bond acceptors (Lipinski definition) is 3. The van der Waals surface area contributed by atoms with Crippen molar-refractivity contribution in [3.8, 4) is 5.75 Å². The summed E-state index contributed by atoms with van der Waals surface area (Å²) in [5, 5.41) is 9.61. The summed E-state index contributed by atoms with van der Waals surface area (Å²) in [6.45, 7) is 1.99. The lowest BCUT2D eigenvalue weighted by molar-refractivity contribution is 0.0540. The Morgan fingerprint density at radius 2 is 2.05 bits per heavy atom. The van der Waals surface area contributed by atoms with Crippen LogP contribution in [0.15, 0.2) is 24.3 Å². The van der Waals surface area contributed by atoms with Crippen molar-refractivity contribution in [1.29, 1.82) is 0 Å². The maximum atomic E-state index is 9.61. The topological polar surface area (TPSA) is 38.7 Å². The Kier molecular flexibility index (Phi) is 5.67. The fourth-order valence-electron chi connectivity index (χ4n) is 2.86. The normalized spacial score (nSPS) is 18.2. The predicted octanol–water partition coefficient (Wildman–Crippen LogP) is 2.66. The maximum Gasteiger partial charge on any atom is 0.122 e. The Morgan fingerprint density at radius 1 is 1.32 bits per heavy atom. The first-order valence-electron chi connectivity index (χ1n) is 7.14. The molecule has 3 nitrogen and oxygen atoms in total. The molecule has 0 bridgehead atoms. The largest absolute Gasteiger partial charge is 0.496 e. The summed E-state index contributed by atoms with van der Waals surface area (Å²) in [4.78, 5) is 0. The van der Waals surface area contributed by atoms with Crippen molar-refractivity contribution in [2.24, 2.45) is 11.8 Å². The zero-order chi connectivity index (χ0) is 13.5. The highest BCUT2D eigenvalue weighted by atomic mass is 16.5. The predicted molar refractivity (Wildman–Crippen MR) is 75.4 cm³/mol. The van der Waals surface area contributed by atoms with Gasteiger partial charge >= 0.3 is 0 Å². The standard InChI is InChI=1S/C16H24O3/c1-18-16-5-3-2-4-15(16)11-14(12-17)10-13-6-8-19-9-7-13/h2-5,13-14,17H,6-12H2,1H3. The van der Waals surface area contributed by atoms with Gasteiger partial charge in [-0.25, -0.2) is 0 Å². The highest BCUT2D eigenvalue weighted by Crippen LogP contribution is 2.27. The first kappa shape index (κ1) is 14.4. The van der Waals surface area contributed by atoms with E-state index in [2.05, 4.69) is 6.07 Å². The molecule has 106 valence electrons. The first-order valence-corrected chi connectivity index (χ1v) is 7.14. The molecule has 19 heavy (non-hydrogen) atoms. The zero-order valence-corrected chi connectivity index (χ0v) is 11.7. The van der Waals surface area contributed by atoms with Gasteiger partial charge < -0.3 is 14.6 Å². The molecule has 0 aliphatic carbocycles. The van der Waals surface area contributed by atoms with E-state index in [1.54, 1.807) is 7.11 Å². The number of hydrogen-bond donors (Lipinski definition) is 1. The van der Waals surface area contributed by atoms with E-state index in [0.29, 0.717) is 11.8 Å². The summed E-state index contributed by atoms with van der Waals surface area (Å²) < 4.78 is 10.8. The molecule has 0 saturated carbocycles. The van der Waals surface area contributed by atoms with Crippen LogP contribution in [0.2, 0.25) is 0 Å². The van der Waals surface area contributed by atoms with Gasteiger partial charge in [-0.05, 0) is 49.1 Å². The Balaban J connectivity index is 1.94. The average Bonchev–Trinajstić information content (AvgIpc) is 2.48. The molecule has 2 rings (SSSR count). The second-order valence-corrected chi connectivity index (χ2v) is 5.36. The Morgan fingerprint density at radius 3 is 2.74 bits per heavy atom. The van der Waals surface area contributed by atoms with Crippen molar-refractivity contribution in [3.63, 3.8) is 0 Å². The second kappa shape index (κ2) is 7.51. The van der Waals surface area contributed by atoms with E-state index in [0.717, 1.165) is 44.6 Å². The summed E-state index contributed by atoms with van der Waals surface area (Å²) in [6.07, 6.45) is 4.22. The quantitative estimate of drug-likeness (QED) is 0.858. The van der Waals surface area contributed by atoms with Gasteiger partial charge in [-0.3, -0.25) is 0 Å². The van der Waals surface area contributed by atoms with Gasteiger partial charge in [0.25, 0.3) is 0 Å². The van der Waals surface area contributed by atoms with E-state index in [9.17, 15) is 5.11 Å². The number of benzene rings is 1. The maximum absolute atomic E-state index is 9.61. The Hall–Kier alpha value is -1.06. The lowest BCUT2D eigenvalue weighted by Crippen LogP contribution is -2.21. The van der Waals surface area contributed by atoms with Crippen LogP contribution in [0, 0.1) is 11.8 Å². The van der Waals surface area contributed by atoms with Crippen molar-refractivity contribution in [3.05, 3.63) is 29.8 Å². The van der Waals surface area contributed by atoms with Crippen LogP contribution in [0.1, 0.15) is 24.8 Å². The van der Waals surface area contributed by atoms with Gasteiger partial charge in [-0.1, -0.05) is 18.2 Å². The van der Waals surface area contributed by atoms with Gasteiger partial charge in [0.2, 0.25) is 0 Å². The molecule has 1 aromatic rings.